The molecular weight excluding hydrogens is 250 g/mol. The lowest BCUT2D eigenvalue weighted by molar-refractivity contribution is 0.565. The van der Waals surface area contributed by atoms with Crippen molar-refractivity contribution in [2.45, 2.75) is 11.8 Å². The fourth-order valence-corrected chi connectivity index (χ4v) is 2.16. The number of hydrogen-bond donors (Lipinski definition) is 0. The maximum absolute atomic E-state index is 13.0. The van der Waals surface area contributed by atoms with Crippen molar-refractivity contribution in [3.05, 3.63) is 58.8 Å². The zero-order valence-electron chi connectivity index (χ0n) is 8.29. The van der Waals surface area contributed by atoms with Crippen molar-refractivity contribution in [1.82, 2.24) is 0 Å². The van der Waals surface area contributed by atoms with Crippen LogP contribution in [0.5, 0.6) is 0 Å². The molecule has 1 heterocycles. The summed E-state index contributed by atoms with van der Waals surface area (Å²) in [5.74, 6) is -0.264. The molecule has 0 aliphatic carbocycles. The van der Waals surface area contributed by atoms with Crippen molar-refractivity contribution in [3.63, 3.8) is 0 Å². The van der Waals surface area contributed by atoms with Crippen molar-refractivity contribution < 1.29 is 8.81 Å². The van der Waals surface area contributed by atoms with Gasteiger partial charge < -0.3 is 4.42 Å². The average Bonchev–Trinajstić information content (AvgIpc) is 2.64. The molecule has 4 heteroatoms. The molecule has 1 atom stereocenters. The minimum Gasteiger partial charge on any atom is -0.453 e. The number of halogens is 3. The van der Waals surface area contributed by atoms with Crippen LogP contribution in [0.1, 0.15) is 16.5 Å². The van der Waals surface area contributed by atoms with E-state index in [-0.39, 0.29) is 16.4 Å². The van der Waals surface area contributed by atoms with Crippen LogP contribution in [-0.2, 0) is 6.42 Å². The highest BCUT2D eigenvalue weighted by molar-refractivity contribution is 6.31. The molecule has 1 unspecified atom stereocenters. The normalized spacial score (nSPS) is 12.7. The van der Waals surface area contributed by atoms with E-state index in [1.807, 2.05) is 6.07 Å². The second-order valence-corrected chi connectivity index (χ2v) is 4.32. The third-order valence-electron chi connectivity index (χ3n) is 2.29. The molecule has 0 saturated heterocycles. The number of benzene rings is 1. The van der Waals surface area contributed by atoms with Gasteiger partial charge in [-0.25, -0.2) is 4.39 Å². The van der Waals surface area contributed by atoms with Crippen molar-refractivity contribution in [1.29, 1.82) is 0 Å². The standard InChI is InChI=1S/C12H9Cl2FO/c13-11(10-4-5-16-12(10)14)7-8-2-1-3-9(15)6-8/h1-6,11H,7H2. The second-order valence-electron chi connectivity index (χ2n) is 3.45. The highest BCUT2D eigenvalue weighted by Crippen LogP contribution is 2.31. The first-order chi connectivity index (χ1) is 7.66. The molecule has 1 aromatic heterocycles. The first kappa shape index (κ1) is 11.5. The lowest BCUT2D eigenvalue weighted by Gasteiger charge is -2.07. The molecule has 2 aromatic rings. The van der Waals surface area contributed by atoms with Gasteiger partial charge in [0.2, 0.25) is 0 Å². The van der Waals surface area contributed by atoms with E-state index in [1.54, 1.807) is 12.1 Å². The maximum atomic E-state index is 13.0. The SMILES string of the molecule is Fc1cccc(CC(Cl)c2ccoc2Cl)c1. The molecule has 0 amide bonds. The van der Waals surface area contributed by atoms with Crippen molar-refractivity contribution >= 4 is 23.2 Å². The molecule has 0 aliphatic rings. The summed E-state index contributed by atoms with van der Waals surface area (Å²) in [7, 11) is 0. The zero-order chi connectivity index (χ0) is 11.5. The lowest BCUT2D eigenvalue weighted by Crippen LogP contribution is -1.95. The van der Waals surface area contributed by atoms with Crippen LogP contribution < -0.4 is 0 Å². The Bertz CT molecular complexity index is 481. The first-order valence-electron chi connectivity index (χ1n) is 4.78. The largest absolute Gasteiger partial charge is 0.453 e. The monoisotopic (exact) mass is 258 g/mol. The molecule has 0 saturated carbocycles. The van der Waals surface area contributed by atoms with Crippen LogP contribution in [0.2, 0.25) is 5.22 Å². The van der Waals surface area contributed by atoms with Gasteiger partial charge in [-0.3, -0.25) is 0 Å². The van der Waals surface area contributed by atoms with E-state index < -0.39 is 0 Å². The minimum atomic E-state index is -0.312. The van der Waals surface area contributed by atoms with Crippen LogP contribution in [0.25, 0.3) is 0 Å². The third-order valence-corrected chi connectivity index (χ3v) is 2.98. The maximum Gasteiger partial charge on any atom is 0.197 e. The number of furan rings is 1. The highest BCUT2D eigenvalue weighted by atomic mass is 35.5. The molecule has 84 valence electrons. The second kappa shape index (κ2) is 4.89. The van der Waals surface area contributed by atoms with Gasteiger partial charge in [-0.15, -0.1) is 11.6 Å². The minimum absolute atomic E-state index is 0.264. The Balaban J connectivity index is 2.14. The Morgan fingerprint density at radius 3 is 2.75 bits per heavy atom. The van der Waals surface area contributed by atoms with Crippen molar-refractivity contribution in [3.8, 4) is 0 Å². The Morgan fingerprint density at radius 2 is 2.12 bits per heavy atom. The summed E-state index contributed by atoms with van der Waals surface area (Å²) in [4.78, 5) is 0. The van der Waals surface area contributed by atoms with Gasteiger partial charge in [0.15, 0.2) is 5.22 Å². The summed E-state index contributed by atoms with van der Waals surface area (Å²) in [5, 5.41) is -0.0237. The van der Waals surface area contributed by atoms with Gasteiger partial charge in [0.1, 0.15) is 5.82 Å². The number of hydrogen-bond acceptors (Lipinski definition) is 1. The van der Waals surface area contributed by atoms with E-state index in [1.165, 1.54) is 18.4 Å². The van der Waals surface area contributed by atoms with Crippen molar-refractivity contribution in [2.75, 3.05) is 0 Å². The highest BCUT2D eigenvalue weighted by Gasteiger charge is 2.15. The summed E-state index contributed by atoms with van der Waals surface area (Å²) < 4.78 is 17.9. The Labute approximate surface area is 103 Å². The Hall–Kier alpha value is -0.990. The predicted octanol–water partition coefficient (Wildman–Crippen LogP) is 4.59. The van der Waals surface area contributed by atoms with Gasteiger partial charge in [0.25, 0.3) is 0 Å². The molecule has 0 aliphatic heterocycles. The Kier molecular flexibility index (Phi) is 3.52. The zero-order valence-corrected chi connectivity index (χ0v) is 9.80. The molecule has 0 bridgehead atoms. The van der Waals surface area contributed by atoms with Crippen LogP contribution in [0.15, 0.2) is 41.0 Å². The van der Waals surface area contributed by atoms with Crippen LogP contribution in [-0.4, -0.2) is 0 Å². The molecular formula is C12H9Cl2FO. The third kappa shape index (κ3) is 2.57. The fourth-order valence-electron chi connectivity index (χ4n) is 1.51. The van der Waals surface area contributed by atoms with Gasteiger partial charge in [-0.05, 0) is 41.8 Å². The summed E-state index contributed by atoms with van der Waals surface area (Å²) in [5.41, 5.74) is 1.56. The summed E-state index contributed by atoms with van der Waals surface area (Å²) in [6, 6.07) is 8.07. The summed E-state index contributed by atoms with van der Waals surface area (Å²) >= 11 is 12.0. The molecule has 1 nitrogen and oxygen atoms in total. The van der Waals surface area contributed by atoms with Gasteiger partial charge in [-0.2, -0.15) is 0 Å². The van der Waals surface area contributed by atoms with Gasteiger partial charge in [-0.1, -0.05) is 12.1 Å². The van der Waals surface area contributed by atoms with Gasteiger partial charge in [0.05, 0.1) is 11.6 Å². The van der Waals surface area contributed by atoms with Gasteiger partial charge in [0, 0.05) is 5.56 Å². The van der Waals surface area contributed by atoms with Crippen LogP contribution in [0.3, 0.4) is 0 Å². The van der Waals surface area contributed by atoms with E-state index in [0.717, 1.165) is 11.1 Å². The van der Waals surface area contributed by atoms with Crippen LogP contribution >= 0.6 is 23.2 Å². The van der Waals surface area contributed by atoms with Crippen molar-refractivity contribution in [2.24, 2.45) is 0 Å². The quantitative estimate of drug-likeness (QED) is 0.734. The molecule has 0 fully saturated rings. The molecule has 16 heavy (non-hydrogen) atoms. The van der Waals surface area contributed by atoms with Crippen LogP contribution in [0, 0.1) is 5.82 Å². The van der Waals surface area contributed by atoms with E-state index in [0.29, 0.717) is 6.42 Å². The molecule has 1 aromatic carbocycles. The fraction of sp³-hybridized carbons (Fsp3) is 0.167. The molecule has 0 radical (unpaired) electrons. The Morgan fingerprint density at radius 1 is 1.31 bits per heavy atom. The van der Waals surface area contributed by atoms with E-state index >= 15 is 0 Å². The average molecular weight is 259 g/mol. The lowest BCUT2D eigenvalue weighted by atomic mass is 10.1. The smallest absolute Gasteiger partial charge is 0.197 e. The first-order valence-corrected chi connectivity index (χ1v) is 5.59. The van der Waals surface area contributed by atoms with E-state index in [9.17, 15) is 4.39 Å². The number of alkyl halides is 1. The summed E-state index contributed by atoms with van der Waals surface area (Å²) in [6.45, 7) is 0. The molecule has 0 spiro atoms. The van der Waals surface area contributed by atoms with Gasteiger partial charge >= 0.3 is 0 Å². The number of rotatable bonds is 3. The molecule has 0 N–H and O–H groups in total. The summed E-state index contributed by atoms with van der Waals surface area (Å²) in [6.07, 6.45) is 2.00. The topological polar surface area (TPSA) is 13.1 Å². The predicted molar refractivity (Wildman–Crippen MR) is 62.4 cm³/mol. The van der Waals surface area contributed by atoms with Crippen LogP contribution in [0.4, 0.5) is 4.39 Å². The molecule has 2 rings (SSSR count). The van der Waals surface area contributed by atoms with E-state index in [4.69, 9.17) is 27.6 Å². The van der Waals surface area contributed by atoms with E-state index in [2.05, 4.69) is 0 Å².